The number of esters is 1. The second-order valence-corrected chi connectivity index (χ2v) is 4.10. The summed E-state index contributed by atoms with van der Waals surface area (Å²) in [6.07, 6.45) is 1.67. The Hall–Kier alpha value is -1.17. The number of hydrogen-bond donors (Lipinski definition) is 1. The van der Waals surface area contributed by atoms with Crippen molar-refractivity contribution in [2.75, 3.05) is 18.1 Å². The number of nitrogens with zero attached hydrogens (tertiary/aromatic N) is 2. The highest BCUT2D eigenvalue weighted by Gasteiger charge is 2.10. The zero-order valence-electron chi connectivity index (χ0n) is 8.90. The Morgan fingerprint density at radius 1 is 1.67 bits per heavy atom. The summed E-state index contributed by atoms with van der Waals surface area (Å²) in [5, 5.41) is 4.03. The first kappa shape index (κ1) is 11.9. The maximum absolute atomic E-state index is 11.2. The summed E-state index contributed by atoms with van der Waals surface area (Å²) in [6, 6.07) is 0. The highest BCUT2D eigenvalue weighted by atomic mass is 32.2. The van der Waals surface area contributed by atoms with Gasteiger partial charge in [0.15, 0.2) is 0 Å². The molecule has 84 valence electrons. The van der Waals surface area contributed by atoms with Gasteiger partial charge in [0, 0.05) is 0 Å². The fourth-order valence-electron chi connectivity index (χ4n) is 1.10. The molecular formula is C9H15N3O2S. The predicted octanol–water partition coefficient (Wildman–Crippen LogP) is 1.14. The maximum Gasteiger partial charge on any atom is 0.327 e. The lowest BCUT2D eigenvalue weighted by atomic mass is 10.6. The van der Waals surface area contributed by atoms with E-state index in [0.717, 1.165) is 10.6 Å². The third-order valence-corrected chi connectivity index (χ3v) is 2.64. The Morgan fingerprint density at radius 2 is 2.40 bits per heavy atom. The van der Waals surface area contributed by atoms with Crippen LogP contribution >= 0.6 is 11.8 Å². The molecule has 0 radical (unpaired) electrons. The second kappa shape index (κ2) is 5.65. The van der Waals surface area contributed by atoms with E-state index in [1.165, 1.54) is 4.68 Å². The third kappa shape index (κ3) is 3.16. The molecule has 0 atom stereocenters. The molecule has 1 aromatic rings. The van der Waals surface area contributed by atoms with Crippen molar-refractivity contribution in [2.24, 2.45) is 0 Å². The van der Waals surface area contributed by atoms with Gasteiger partial charge in [0.1, 0.15) is 12.4 Å². The fourth-order valence-corrected chi connectivity index (χ4v) is 1.79. The molecule has 0 saturated heterocycles. The van der Waals surface area contributed by atoms with Crippen molar-refractivity contribution in [3.63, 3.8) is 0 Å². The van der Waals surface area contributed by atoms with Crippen LogP contribution in [-0.4, -0.2) is 28.1 Å². The van der Waals surface area contributed by atoms with Gasteiger partial charge < -0.3 is 10.5 Å². The van der Waals surface area contributed by atoms with Crippen molar-refractivity contribution >= 4 is 23.5 Å². The molecule has 0 unspecified atom stereocenters. The van der Waals surface area contributed by atoms with Crippen LogP contribution in [0, 0.1) is 0 Å². The summed E-state index contributed by atoms with van der Waals surface area (Å²) >= 11 is 1.60. The van der Waals surface area contributed by atoms with Crippen LogP contribution in [0.4, 0.5) is 5.82 Å². The van der Waals surface area contributed by atoms with Gasteiger partial charge in [-0.2, -0.15) is 5.10 Å². The predicted molar refractivity (Wildman–Crippen MR) is 59.7 cm³/mol. The Balaban J connectivity index is 2.65. The first-order valence-corrected chi connectivity index (χ1v) is 5.77. The molecule has 0 aromatic carbocycles. The van der Waals surface area contributed by atoms with Crippen molar-refractivity contribution in [1.82, 2.24) is 9.78 Å². The molecule has 0 aliphatic heterocycles. The summed E-state index contributed by atoms with van der Waals surface area (Å²) in [7, 11) is 0. The molecule has 0 spiro atoms. The van der Waals surface area contributed by atoms with E-state index in [4.69, 9.17) is 10.5 Å². The van der Waals surface area contributed by atoms with Crippen LogP contribution in [0.15, 0.2) is 11.1 Å². The van der Waals surface area contributed by atoms with Gasteiger partial charge in [0.05, 0.1) is 17.7 Å². The summed E-state index contributed by atoms with van der Waals surface area (Å²) in [5.41, 5.74) is 5.81. The van der Waals surface area contributed by atoms with Gasteiger partial charge in [-0.3, -0.25) is 4.79 Å². The summed E-state index contributed by atoms with van der Waals surface area (Å²) in [4.78, 5) is 12.1. The Labute approximate surface area is 93.0 Å². The Bertz CT molecular complexity index is 338. The van der Waals surface area contributed by atoms with E-state index in [1.54, 1.807) is 24.9 Å². The lowest BCUT2D eigenvalue weighted by Gasteiger charge is -2.04. The number of anilines is 1. The molecule has 1 rings (SSSR count). The first-order valence-electron chi connectivity index (χ1n) is 4.78. The molecule has 0 amide bonds. The van der Waals surface area contributed by atoms with Crippen LogP contribution in [0.2, 0.25) is 0 Å². The number of nitrogen functional groups attached to an aromatic ring is 1. The standard InChI is InChI=1S/C9H15N3O2S/c1-3-14-8(13)6-12-9(10)7(5-11-12)15-4-2/h5H,3-4,6,10H2,1-2H3. The minimum Gasteiger partial charge on any atom is -0.465 e. The number of carbonyl (C=O) groups excluding carboxylic acids is 1. The average molecular weight is 229 g/mol. The average Bonchev–Trinajstić information content (AvgIpc) is 2.51. The van der Waals surface area contributed by atoms with Crippen molar-refractivity contribution in [1.29, 1.82) is 0 Å². The second-order valence-electron chi connectivity index (χ2n) is 2.79. The molecule has 15 heavy (non-hydrogen) atoms. The molecule has 2 N–H and O–H groups in total. The molecule has 0 saturated carbocycles. The third-order valence-electron chi connectivity index (χ3n) is 1.73. The minimum absolute atomic E-state index is 0.0734. The lowest BCUT2D eigenvalue weighted by molar-refractivity contribution is -0.144. The molecule has 0 fully saturated rings. The zero-order chi connectivity index (χ0) is 11.3. The van der Waals surface area contributed by atoms with Crippen molar-refractivity contribution in [3.05, 3.63) is 6.20 Å². The molecule has 0 bridgehead atoms. The van der Waals surface area contributed by atoms with E-state index in [1.807, 2.05) is 6.92 Å². The highest BCUT2D eigenvalue weighted by molar-refractivity contribution is 7.99. The van der Waals surface area contributed by atoms with E-state index in [9.17, 15) is 4.79 Å². The molecule has 0 aliphatic rings. The quantitative estimate of drug-likeness (QED) is 0.605. The molecular weight excluding hydrogens is 214 g/mol. The van der Waals surface area contributed by atoms with Gasteiger partial charge in [0.2, 0.25) is 0 Å². The van der Waals surface area contributed by atoms with Crippen LogP contribution < -0.4 is 5.73 Å². The summed E-state index contributed by atoms with van der Waals surface area (Å²) in [5.74, 6) is 1.13. The van der Waals surface area contributed by atoms with Gasteiger partial charge in [0.25, 0.3) is 0 Å². The van der Waals surface area contributed by atoms with E-state index in [2.05, 4.69) is 5.10 Å². The van der Waals surface area contributed by atoms with Crippen molar-refractivity contribution in [2.45, 2.75) is 25.3 Å². The van der Waals surface area contributed by atoms with E-state index >= 15 is 0 Å². The Morgan fingerprint density at radius 3 is 3.00 bits per heavy atom. The molecule has 0 aliphatic carbocycles. The van der Waals surface area contributed by atoms with Gasteiger partial charge in [-0.1, -0.05) is 6.92 Å². The minimum atomic E-state index is -0.319. The van der Waals surface area contributed by atoms with Crippen molar-refractivity contribution in [3.8, 4) is 0 Å². The smallest absolute Gasteiger partial charge is 0.327 e. The fraction of sp³-hybridized carbons (Fsp3) is 0.556. The SMILES string of the molecule is CCOC(=O)Cn1ncc(SCC)c1N. The van der Waals surface area contributed by atoms with Crippen molar-refractivity contribution < 1.29 is 9.53 Å². The lowest BCUT2D eigenvalue weighted by Crippen LogP contribution is -2.16. The number of carbonyl (C=O) groups is 1. The summed E-state index contributed by atoms with van der Waals surface area (Å²) < 4.78 is 6.26. The van der Waals surface area contributed by atoms with Crippen LogP contribution in [0.3, 0.4) is 0 Å². The molecule has 6 heteroatoms. The highest BCUT2D eigenvalue weighted by Crippen LogP contribution is 2.23. The van der Waals surface area contributed by atoms with Crippen LogP contribution in [-0.2, 0) is 16.1 Å². The van der Waals surface area contributed by atoms with E-state index in [0.29, 0.717) is 12.4 Å². The molecule has 1 heterocycles. The monoisotopic (exact) mass is 229 g/mol. The van der Waals surface area contributed by atoms with Gasteiger partial charge in [-0.15, -0.1) is 11.8 Å². The number of thioether (sulfide) groups is 1. The van der Waals surface area contributed by atoms with Gasteiger partial charge in [-0.25, -0.2) is 4.68 Å². The van der Waals surface area contributed by atoms with E-state index < -0.39 is 0 Å². The largest absolute Gasteiger partial charge is 0.465 e. The van der Waals surface area contributed by atoms with Gasteiger partial charge in [-0.05, 0) is 12.7 Å². The number of ether oxygens (including phenoxy) is 1. The summed E-state index contributed by atoms with van der Waals surface area (Å²) in [6.45, 7) is 4.25. The number of rotatable bonds is 5. The van der Waals surface area contributed by atoms with Crippen LogP contribution in [0.5, 0.6) is 0 Å². The van der Waals surface area contributed by atoms with Crippen LogP contribution in [0.1, 0.15) is 13.8 Å². The number of hydrogen-bond acceptors (Lipinski definition) is 5. The molecule has 5 nitrogen and oxygen atoms in total. The van der Waals surface area contributed by atoms with E-state index in [-0.39, 0.29) is 12.5 Å². The first-order chi connectivity index (χ1) is 7.19. The van der Waals surface area contributed by atoms with Crippen LogP contribution in [0.25, 0.3) is 0 Å². The maximum atomic E-state index is 11.2. The Kier molecular flexibility index (Phi) is 4.48. The number of aromatic nitrogens is 2. The normalized spacial score (nSPS) is 10.3. The number of nitrogens with two attached hydrogens (primary N) is 1. The zero-order valence-corrected chi connectivity index (χ0v) is 9.71. The topological polar surface area (TPSA) is 70.1 Å². The molecule has 1 aromatic heterocycles. The van der Waals surface area contributed by atoms with Gasteiger partial charge >= 0.3 is 5.97 Å².